The fraction of sp³-hybridized carbons (Fsp3) is 0.200. The van der Waals surface area contributed by atoms with Gasteiger partial charge < -0.3 is 31.0 Å². The predicted molar refractivity (Wildman–Crippen MR) is 149 cm³/mol. The first-order valence-corrected chi connectivity index (χ1v) is 13.0. The van der Waals surface area contributed by atoms with Crippen molar-refractivity contribution in [2.75, 3.05) is 12.3 Å². The minimum Gasteiger partial charge on any atom is -0.452 e. The van der Waals surface area contributed by atoms with Gasteiger partial charge in [-0.3, -0.25) is 9.36 Å². The molecule has 2 heterocycles. The Morgan fingerprint density at radius 1 is 0.829 bits per heavy atom. The number of nitrogen functional groups attached to an aromatic ring is 1. The smallest absolute Gasteiger partial charge is 0.338 e. The maximum absolute atomic E-state index is 13.2. The quantitative estimate of drug-likeness (QED) is 0.250. The minimum absolute atomic E-state index is 0.0747. The van der Waals surface area contributed by atoms with Crippen molar-refractivity contribution in [1.29, 1.82) is 0 Å². The summed E-state index contributed by atoms with van der Waals surface area (Å²) < 4.78 is 19.6. The Morgan fingerprint density at radius 3 is 1.90 bits per heavy atom. The number of primary amides is 1. The fourth-order valence-corrected chi connectivity index (χ4v) is 4.61. The lowest BCUT2D eigenvalue weighted by atomic mass is 10.1. The molecule has 41 heavy (non-hydrogen) atoms. The molecule has 1 aliphatic heterocycles. The number of anilines is 1. The van der Waals surface area contributed by atoms with E-state index < -0.39 is 42.4 Å². The molecule has 4 atom stereocenters. The van der Waals surface area contributed by atoms with Crippen LogP contribution in [0.1, 0.15) is 43.0 Å². The molecule has 0 unspecified atom stereocenters. The van der Waals surface area contributed by atoms with Gasteiger partial charge in [-0.25, -0.2) is 14.6 Å². The van der Waals surface area contributed by atoms with Crippen LogP contribution < -0.4 is 16.8 Å². The van der Waals surface area contributed by atoms with Crippen LogP contribution >= 0.6 is 0 Å². The second-order valence-corrected chi connectivity index (χ2v) is 9.40. The van der Waals surface area contributed by atoms with E-state index >= 15 is 0 Å². The Balaban J connectivity index is 1.48. The zero-order valence-electron chi connectivity index (χ0n) is 22.0. The van der Waals surface area contributed by atoms with Crippen LogP contribution in [0.5, 0.6) is 0 Å². The van der Waals surface area contributed by atoms with E-state index in [0.29, 0.717) is 17.7 Å². The second kappa shape index (κ2) is 12.5. The zero-order chi connectivity index (χ0) is 28.8. The van der Waals surface area contributed by atoms with E-state index in [1.54, 1.807) is 60.7 Å². The number of nitrogens with one attached hydrogen (secondary N) is 1. The number of ether oxygens (including phenoxy) is 3. The average molecular weight is 556 g/mol. The van der Waals surface area contributed by atoms with Crippen LogP contribution in [-0.4, -0.2) is 52.3 Å². The van der Waals surface area contributed by atoms with E-state index in [-0.39, 0.29) is 18.1 Å². The Bertz CT molecular complexity index is 1500. The van der Waals surface area contributed by atoms with Gasteiger partial charge in [-0.2, -0.15) is 0 Å². The highest BCUT2D eigenvalue weighted by atomic mass is 16.6. The van der Waals surface area contributed by atoms with Crippen molar-refractivity contribution in [3.8, 4) is 0 Å². The van der Waals surface area contributed by atoms with Gasteiger partial charge in [0.25, 0.3) is 5.91 Å². The molecule has 1 amide bonds. The van der Waals surface area contributed by atoms with Gasteiger partial charge in [-0.1, -0.05) is 66.7 Å². The van der Waals surface area contributed by atoms with Crippen molar-refractivity contribution in [3.63, 3.8) is 0 Å². The molecule has 210 valence electrons. The van der Waals surface area contributed by atoms with Crippen molar-refractivity contribution < 1.29 is 28.6 Å². The summed E-state index contributed by atoms with van der Waals surface area (Å²) >= 11 is 0. The molecule has 3 aromatic carbocycles. The van der Waals surface area contributed by atoms with Gasteiger partial charge >= 0.3 is 11.9 Å². The highest BCUT2D eigenvalue weighted by molar-refractivity contribution is 5.95. The van der Waals surface area contributed by atoms with E-state index in [0.717, 1.165) is 5.56 Å². The molecular weight excluding hydrogens is 526 g/mol. The number of esters is 2. The third-order valence-corrected chi connectivity index (χ3v) is 6.65. The van der Waals surface area contributed by atoms with Crippen LogP contribution in [0, 0.1) is 0 Å². The summed E-state index contributed by atoms with van der Waals surface area (Å²) in [7, 11) is 0. The largest absolute Gasteiger partial charge is 0.452 e. The predicted octanol–water partition coefficient (Wildman–Crippen LogP) is 2.70. The Labute approximate surface area is 236 Å². The molecule has 0 aliphatic carbocycles. The third-order valence-electron chi connectivity index (χ3n) is 6.65. The van der Waals surface area contributed by atoms with E-state index in [9.17, 15) is 14.4 Å². The summed E-state index contributed by atoms with van der Waals surface area (Å²) in [5, 5.41) is 3.32. The fourth-order valence-electron chi connectivity index (χ4n) is 4.61. The maximum atomic E-state index is 13.2. The highest BCUT2D eigenvalue weighted by Gasteiger charge is 2.51. The van der Waals surface area contributed by atoms with Crippen molar-refractivity contribution in [2.24, 2.45) is 5.73 Å². The lowest BCUT2D eigenvalue weighted by molar-refractivity contribution is -0.0492. The summed E-state index contributed by atoms with van der Waals surface area (Å²) in [6.07, 6.45) is -2.79. The summed E-state index contributed by atoms with van der Waals surface area (Å²) in [5.41, 5.74) is 13.1. The van der Waals surface area contributed by atoms with Crippen molar-refractivity contribution >= 4 is 23.7 Å². The van der Waals surface area contributed by atoms with Gasteiger partial charge in [0.2, 0.25) is 0 Å². The number of nitrogens with two attached hydrogens (primary N) is 2. The number of aromatic nitrogens is 2. The van der Waals surface area contributed by atoms with Crippen molar-refractivity contribution in [1.82, 2.24) is 14.9 Å². The highest BCUT2D eigenvalue weighted by Crippen LogP contribution is 2.36. The first kappa shape index (κ1) is 27.6. The molecule has 0 radical (unpaired) electrons. The lowest BCUT2D eigenvalue weighted by Crippen LogP contribution is -2.43. The van der Waals surface area contributed by atoms with Crippen LogP contribution in [0.2, 0.25) is 0 Å². The summed E-state index contributed by atoms with van der Waals surface area (Å²) in [6.45, 7) is 0.743. The van der Waals surface area contributed by atoms with Gasteiger partial charge in [0.15, 0.2) is 24.1 Å². The molecule has 11 heteroatoms. The molecule has 1 aliphatic rings. The molecule has 1 aromatic heterocycles. The Morgan fingerprint density at radius 2 is 1.37 bits per heavy atom. The number of hydrogen-bond donors (Lipinski definition) is 3. The molecule has 0 saturated carbocycles. The zero-order valence-corrected chi connectivity index (χ0v) is 22.0. The third kappa shape index (κ3) is 6.26. The second-order valence-electron chi connectivity index (χ2n) is 9.40. The van der Waals surface area contributed by atoms with E-state index in [4.69, 9.17) is 25.7 Å². The lowest BCUT2D eigenvalue weighted by Gasteiger charge is -2.25. The number of hydrogen-bond acceptors (Lipinski definition) is 9. The van der Waals surface area contributed by atoms with Crippen LogP contribution in [0.25, 0.3) is 0 Å². The van der Waals surface area contributed by atoms with E-state index in [1.807, 2.05) is 30.3 Å². The molecule has 0 spiro atoms. The monoisotopic (exact) mass is 555 g/mol. The van der Waals surface area contributed by atoms with Gasteiger partial charge in [-0.15, -0.1) is 0 Å². The van der Waals surface area contributed by atoms with Crippen molar-refractivity contribution in [2.45, 2.75) is 31.1 Å². The number of carbonyl (C=O) groups excluding carboxylic acids is 3. The molecular formula is C30H29N5O6. The number of rotatable bonds is 10. The Hall–Kier alpha value is -5.00. The minimum atomic E-state index is -1.16. The number of carbonyl (C=O) groups is 3. The molecule has 0 bridgehead atoms. The van der Waals surface area contributed by atoms with Gasteiger partial charge in [-0.05, 0) is 29.8 Å². The number of amides is 1. The molecule has 1 fully saturated rings. The van der Waals surface area contributed by atoms with Gasteiger partial charge in [0.1, 0.15) is 11.9 Å². The van der Waals surface area contributed by atoms with E-state index in [1.165, 1.54) is 10.9 Å². The van der Waals surface area contributed by atoms with Gasteiger partial charge in [0, 0.05) is 13.1 Å². The van der Waals surface area contributed by atoms with Crippen LogP contribution in [0.4, 0.5) is 5.82 Å². The summed E-state index contributed by atoms with van der Waals surface area (Å²) in [4.78, 5) is 42.3. The Kier molecular flexibility index (Phi) is 8.37. The maximum Gasteiger partial charge on any atom is 0.338 e. The van der Waals surface area contributed by atoms with E-state index in [2.05, 4.69) is 10.3 Å². The topological polar surface area (TPSA) is 161 Å². The summed E-state index contributed by atoms with van der Waals surface area (Å²) in [5.74, 6) is -2.18. The molecule has 1 saturated heterocycles. The van der Waals surface area contributed by atoms with Crippen LogP contribution in [0.3, 0.4) is 0 Å². The van der Waals surface area contributed by atoms with Crippen LogP contribution in [0.15, 0.2) is 97.3 Å². The molecule has 5 N–H and O–H groups in total. The number of nitrogens with zero attached hydrogens (tertiary/aromatic N) is 2. The molecule has 5 rings (SSSR count). The first-order chi connectivity index (χ1) is 19.9. The molecule has 4 aromatic rings. The number of benzene rings is 3. The van der Waals surface area contributed by atoms with Crippen molar-refractivity contribution in [3.05, 3.63) is 120 Å². The SMILES string of the molecule is NC(=O)c1ncn([C@@H]2O[C@H](CNCc3ccccc3)[C@@H](OC(=O)c3ccccc3)[C@H]2OC(=O)c2ccccc2)c1N. The first-order valence-electron chi connectivity index (χ1n) is 13.0. The normalized spacial score (nSPS) is 19.9. The molecule has 11 nitrogen and oxygen atoms in total. The standard InChI is InChI=1S/C30H29N5O6/c31-26-23(27(32)36)34-18-35(26)28-25(41-30(38)21-14-8-3-9-15-21)24(40-29(37)20-12-6-2-7-13-20)22(39-28)17-33-16-19-10-4-1-5-11-19/h1-15,18,22,24-25,28,33H,16-17,31H2,(H2,32,36)/t22-,24-,25-,28-/m1/s1. The van der Waals surface area contributed by atoms with Crippen LogP contribution in [-0.2, 0) is 20.8 Å². The summed E-state index contributed by atoms with van der Waals surface area (Å²) in [6, 6.07) is 26.6. The van der Waals surface area contributed by atoms with Gasteiger partial charge in [0.05, 0.1) is 17.5 Å². The average Bonchev–Trinajstić information content (AvgIpc) is 3.54. The number of imidazole rings is 1.